The fourth-order valence-corrected chi connectivity index (χ4v) is 4.90. The van der Waals surface area contributed by atoms with E-state index in [9.17, 15) is 13.6 Å². The SMILES string of the molecule is N[C@@H](CCN1CCC2(CC1)CC(=O)N(Cc1ccc(OC(F)F)cc1)C2)c1ccccc1. The first-order chi connectivity index (χ1) is 15.4. The molecule has 0 unspecified atom stereocenters. The van der Waals surface area contributed by atoms with E-state index in [1.807, 2.05) is 23.1 Å². The molecule has 2 aliphatic rings. The van der Waals surface area contributed by atoms with Crippen molar-refractivity contribution >= 4 is 5.91 Å². The zero-order valence-electron chi connectivity index (χ0n) is 18.3. The molecule has 2 aliphatic heterocycles. The van der Waals surface area contributed by atoms with Gasteiger partial charge in [0.2, 0.25) is 5.91 Å². The molecule has 7 heteroatoms. The zero-order valence-corrected chi connectivity index (χ0v) is 18.3. The van der Waals surface area contributed by atoms with Crippen molar-refractivity contribution in [3.63, 3.8) is 0 Å². The van der Waals surface area contributed by atoms with E-state index in [0.717, 1.165) is 51.0 Å². The quantitative estimate of drug-likeness (QED) is 0.665. The van der Waals surface area contributed by atoms with Gasteiger partial charge in [-0.1, -0.05) is 42.5 Å². The Kier molecular flexibility index (Phi) is 7.06. The number of rotatable bonds is 8. The van der Waals surface area contributed by atoms with Gasteiger partial charge in [-0.05, 0) is 67.6 Å². The normalized spacial score (nSPS) is 19.6. The Labute approximate surface area is 188 Å². The Morgan fingerprint density at radius 3 is 2.38 bits per heavy atom. The molecule has 0 radical (unpaired) electrons. The first-order valence-electron chi connectivity index (χ1n) is 11.3. The molecule has 172 valence electrons. The second kappa shape index (κ2) is 9.96. The highest BCUT2D eigenvalue weighted by Crippen LogP contribution is 2.41. The van der Waals surface area contributed by atoms with E-state index in [1.54, 1.807) is 12.1 Å². The lowest BCUT2D eigenvalue weighted by Crippen LogP contribution is -2.42. The molecule has 0 saturated carbocycles. The van der Waals surface area contributed by atoms with Gasteiger partial charge in [0.15, 0.2) is 0 Å². The van der Waals surface area contributed by atoms with Crippen molar-refractivity contribution in [1.82, 2.24) is 9.80 Å². The van der Waals surface area contributed by atoms with Gasteiger partial charge in [0.25, 0.3) is 0 Å². The predicted molar refractivity (Wildman–Crippen MR) is 119 cm³/mol. The fraction of sp³-hybridized carbons (Fsp3) is 0.480. The number of carbonyl (C=O) groups excluding carboxylic acids is 1. The molecule has 2 fully saturated rings. The van der Waals surface area contributed by atoms with E-state index in [4.69, 9.17) is 5.73 Å². The third-order valence-corrected chi connectivity index (χ3v) is 6.83. The molecule has 2 aromatic rings. The maximum absolute atomic E-state index is 12.7. The van der Waals surface area contributed by atoms with Gasteiger partial charge in [0.05, 0.1) is 0 Å². The van der Waals surface area contributed by atoms with Crippen molar-refractivity contribution in [2.45, 2.75) is 44.9 Å². The fourth-order valence-electron chi connectivity index (χ4n) is 4.90. The zero-order chi connectivity index (χ0) is 22.6. The molecule has 5 nitrogen and oxygen atoms in total. The number of alkyl halides is 2. The maximum atomic E-state index is 12.7. The van der Waals surface area contributed by atoms with E-state index in [1.165, 1.54) is 17.7 Å². The Morgan fingerprint density at radius 1 is 1.03 bits per heavy atom. The van der Waals surface area contributed by atoms with E-state index >= 15 is 0 Å². The lowest BCUT2D eigenvalue weighted by atomic mass is 9.77. The number of nitrogens with two attached hydrogens (primary N) is 1. The molecule has 2 aromatic carbocycles. The average Bonchev–Trinajstić information content (AvgIpc) is 3.09. The number of carbonyl (C=O) groups is 1. The van der Waals surface area contributed by atoms with Crippen LogP contribution in [0.1, 0.15) is 42.9 Å². The molecule has 0 aromatic heterocycles. The van der Waals surface area contributed by atoms with E-state index in [-0.39, 0.29) is 23.1 Å². The molecule has 1 atom stereocenters. The second-order valence-corrected chi connectivity index (χ2v) is 9.10. The van der Waals surface area contributed by atoms with Gasteiger partial charge < -0.3 is 20.3 Å². The molecular weight excluding hydrogens is 412 g/mol. The van der Waals surface area contributed by atoms with Crippen molar-refractivity contribution in [2.24, 2.45) is 11.1 Å². The van der Waals surface area contributed by atoms with E-state index in [0.29, 0.717) is 13.0 Å². The Hall–Kier alpha value is -2.51. The minimum Gasteiger partial charge on any atom is -0.435 e. The van der Waals surface area contributed by atoms with Crippen molar-refractivity contribution < 1.29 is 18.3 Å². The summed E-state index contributed by atoms with van der Waals surface area (Å²) in [5, 5.41) is 0. The highest BCUT2D eigenvalue weighted by molar-refractivity contribution is 5.79. The molecule has 1 spiro atoms. The summed E-state index contributed by atoms with van der Waals surface area (Å²) in [4.78, 5) is 17.1. The van der Waals surface area contributed by atoms with Crippen LogP contribution in [0.15, 0.2) is 54.6 Å². The van der Waals surface area contributed by atoms with Crippen LogP contribution >= 0.6 is 0 Å². The summed E-state index contributed by atoms with van der Waals surface area (Å²) in [6, 6.07) is 16.8. The van der Waals surface area contributed by atoms with Crippen LogP contribution in [0.25, 0.3) is 0 Å². The maximum Gasteiger partial charge on any atom is 0.387 e. The van der Waals surface area contributed by atoms with Crippen LogP contribution < -0.4 is 10.5 Å². The molecule has 2 heterocycles. The summed E-state index contributed by atoms with van der Waals surface area (Å²) in [6.07, 6.45) is 3.54. The first kappa shape index (κ1) is 22.7. The predicted octanol–water partition coefficient (Wildman–Crippen LogP) is 4.19. The highest BCUT2D eigenvalue weighted by Gasteiger charge is 2.44. The van der Waals surface area contributed by atoms with Crippen molar-refractivity contribution in [1.29, 1.82) is 0 Å². The molecule has 4 rings (SSSR count). The van der Waals surface area contributed by atoms with Crippen LogP contribution in [-0.2, 0) is 11.3 Å². The van der Waals surface area contributed by atoms with Crippen LogP contribution in [0.4, 0.5) is 8.78 Å². The van der Waals surface area contributed by atoms with Crippen LogP contribution in [-0.4, -0.2) is 48.5 Å². The van der Waals surface area contributed by atoms with Crippen molar-refractivity contribution in [2.75, 3.05) is 26.2 Å². The number of piperidine rings is 1. The Bertz CT molecular complexity index is 884. The molecule has 2 saturated heterocycles. The van der Waals surface area contributed by atoms with Crippen LogP contribution in [0.3, 0.4) is 0 Å². The molecular formula is C25H31F2N3O2. The summed E-state index contributed by atoms with van der Waals surface area (Å²) in [6.45, 7) is 1.38. The standard InChI is InChI=1S/C25H31F2N3O2/c26-24(27)32-21-8-6-19(7-9-21)17-30-18-25(16-23(30)31)11-14-29(15-12-25)13-10-22(28)20-4-2-1-3-5-20/h1-9,22,24H,10-18,28H2/t22-/m0/s1. The molecule has 0 bridgehead atoms. The van der Waals surface area contributed by atoms with Gasteiger partial charge in [-0.25, -0.2) is 0 Å². The van der Waals surface area contributed by atoms with E-state index < -0.39 is 6.61 Å². The average molecular weight is 444 g/mol. The number of hydrogen-bond acceptors (Lipinski definition) is 4. The monoisotopic (exact) mass is 443 g/mol. The van der Waals surface area contributed by atoms with Gasteiger partial charge in [0.1, 0.15) is 5.75 Å². The minimum absolute atomic E-state index is 0.0492. The number of nitrogens with zero attached hydrogens (tertiary/aromatic N) is 2. The molecule has 0 aliphatic carbocycles. The van der Waals surface area contributed by atoms with Crippen LogP contribution in [0.2, 0.25) is 0 Å². The van der Waals surface area contributed by atoms with Gasteiger partial charge in [-0.15, -0.1) is 0 Å². The number of likely N-dealkylation sites (tertiary alicyclic amines) is 2. The topological polar surface area (TPSA) is 58.8 Å². The number of halogens is 2. The lowest BCUT2D eigenvalue weighted by molar-refractivity contribution is -0.128. The highest BCUT2D eigenvalue weighted by atomic mass is 19.3. The minimum atomic E-state index is -2.83. The number of hydrogen-bond donors (Lipinski definition) is 1. The number of benzene rings is 2. The van der Waals surface area contributed by atoms with Crippen molar-refractivity contribution in [3.8, 4) is 5.75 Å². The van der Waals surface area contributed by atoms with Gasteiger partial charge in [0, 0.05) is 25.6 Å². The third kappa shape index (κ3) is 5.64. The smallest absolute Gasteiger partial charge is 0.387 e. The molecule has 32 heavy (non-hydrogen) atoms. The summed E-state index contributed by atoms with van der Waals surface area (Å²) in [7, 11) is 0. The van der Waals surface area contributed by atoms with E-state index in [2.05, 4.69) is 21.8 Å². The van der Waals surface area contributed by atoms with Crippen LogP contribution in [0, 0.1) is 5.41 Å². The van der Waals surface area contributed by atoms with Gasteiger partial charge in [-0.3, -0.25) is 4.79 Å². The second-order valence-electron chi connectivity index (χ2n) is 9.10. The van der Waals surface area contributed by atoms with Gasteiger partial charge in [-0.2, -0.15) is 8.78 Å². The lowest BCUT2D eigenvalue weighted by Gasteiger charge is -2.39. The summed E-state index contributed by atoms with van der Waals surface area (Å²) in [5.41, 5.74) is 8.49. The Morgan fingerprint density at radius 2 is 1.72 bits per heavy atom. The number of amides is 1. The summed E-state index contributed by atoms with van der Waals surface area (Å²) < 4.78 is 29.0. The summed E-state index contributed by atoms with van der Waals surface area (Å²) in [5.74, 6) is 0.310. The summed E-state index contributed by atoms with van der Waals surface area (Å²) >= 11 is 0. The van der Waals surface area contributed by atoms with Crippen LogP contribution in [0.5, 0.6) is 5.75 Å². The molecule has 2 N–H and O–H groups in total. The third-order valence-electron chi connectivity index (χ3n) is 6.83. The Balaban J connectivity index is 1.25. The van der Waals surface area contributed by atoms with Crippen molar-refractivity contribution in [3.05, 3.63) is 65.7 Å². The first-order valence-corrected chi connectivity index (χ1v) is 11.3. The number of ether oxygens (including phenoxy) is 1. The largest absolute Gasteiger partial charge is 0.435 e. The molecule has 1 amide bonds. The van der Waals surface area contributed by atoms with Gasteiger partial charge >= 0.3 is 6.61 Å².